The molecule has 2 heterocycles. The Kier molecular flexibility index (Phi) is 3.93. The monoisotopic (exact) mass is 317 g/mol. The van der Waals surface area contributed by atoms with E-state index in [-0.39, 0.29) is 0 Å². The van der Waals surface area contributed by atoms with E-state index < -0.39 is 0 Å². The highest BCUT2D eigenvalue weighted by Gasteiger charge is 2.22. The van der Waals surface area contributed by atoms with Gasteiger partial charge in [-0.2, -0.15) is 0 Å². The van der Waals surface area contributed by atoms with Gasteiger partial charge in [-0.05, 0) is 44.7 Å². The number of aryl methyl sites for hydroxylation is 1. The van der Waals surface area contributed by atoms with E-state index in [0.29, 0.717) is 6.04 Å². The summed E-state index contributed by atoms with van der Waals surface area (Å²) in [7, 11) is 0. The number of hydrogen-bond donors (Lipinski definition) is 0. The topological polar surface area (TPSA) is 29.0 Å². The van der Waals surface area contributed by atoms with Crippen LogP contribution in [0.3, 0.4) is 0 Å². The largest absolute Gasteiger partial charge is 0.338 e. The molecule has 0 spiro atoms. The maximum Gasteiger partial charge on any atom is 0.226 e. The van der Waals surface area contributed by atoms with E-state index in [1.54, 1.807) is 0 Å². The maximum atomic E-state index is 4.99. The van der Waals surface area contributed by atoms with Crippen molar-refractivity contribution in [2.24, 2.45) is 0 Å². The Bertz CT molecular complexity index is 858. The summed E-state index contributed by atoms with van der Waals surface area (Å²) < 4.78 is 0. The van der Waals surface area contributed by atoms with Crippen molar-refractivity contribution in [1.29, 1.82) is 0 Å². The molecule has 0 saturated carbocycles. The summed E-state index contributed by atoms with van der Waals surface area (Å²) in [6, 6.07) is 17.4. The second-order valence-corrected chi connectivity index (χ2v) is 6.80. The molecule has 4 rings (SSSR count). The first-order valence-corrected chi connectivity index (χ1v) is 8.83. The summed E-state index contributed by atoms with van der Waals surface area (Å²) in [5.74, 6) is 0.874. The quantitative estimate of drug-likeness (QED) is 0.667. The molecule has 0 N–H and O–H groups in total. The van der Waals surface area contributed by atoms with Crippen LogP contribution in [0.2, 0.25) is 0 Å². The summed E-state index contributed by atoms with van der Waals surface area (Å²) >= 11 is 0. The highest BCUT2D eigenvalue weighted by Crippen LogP contribution is 2.30. The van der Waals surface area contributed by atoms with E-state index in [9.17, 15) is 0 Å². The van der Waals surface area contributed by atoms with Gasteiger partial charge >= 0.3 is 0 Å². The predicted octanol–water partition coefficient (Wildman–Crippen LogP) is 4.98. The minimum atomic E-state index is 0.504. The zero-order chi connectivity index (χ0) is 16.5. The van der Waals surface area contributed by atoms with Gasteiger partial charge in [0, 0.05) is 23.5 Å². The number of rotatable bonds is 2. The van der Waals surface area contributed by atoms with E-state index in [1.165, 1.54) is 24.8 Å². The standard InChI is InChI=1S/C21H23N3/c1-15-11-12-18-19(14-15)22-21(24-13-7-6-8-16(24)2)23-20(18)17-9-4-3-5-10-17/h3-5,9-12,14,16H,6-8,13H2,1-2H3. The van der Waals surface area contributed by atoms with Crippen molar-refractivity contribution in [3.63, 3.8) is 0 Å². The minimum Gasteiger partial charge on any atom is -0.338 e. The molecule has 1 aliphatic heterocycles. The molecule has 1 atom stereocenters. The molecule has 0 bridgehead atoms. The van der Waals surface area contributed by atoms with Crippen molar-refractivity contribution in [2.75, 3.05) is 11.4 Å². The molecule has 2 aromatic carbocycles. The zero-order valence-corrected chi connectivity index (χ0v) is 14.4. The van der Waals surface area contributed by atoms with Gasteiger partial charge in [-0.15, -0.1) is 0 Å². The van der Waals surface area contributed by atoms with E-state index in [4.69, 9.17) is 9.97 Å². The molecule has 3 heteroatoms. The molecular weight excluding hydrogens is 294 g/mol. The Morgan fingerprint density at radius 3 is 2.62 bits per heavy atom. The number of piperidine rings is 1. The maximum absolute atomic E-state index is 4.99. The van der Waals surface area contributed by atoms with Crippen LogP contribution >= 0.6 is 0 Å². The fourth-order valence-electron chi connectivity index (χ4n) is 3.57. The zero-order valence-electron chi connectivity index (χ0n) is 14.4. The average molecular weight is 317 g/mol. The molecular formula is C21H23N3. The van der Waals surface area contributed by atoms with Crippen molar-refractivity contribution >= 4 is 16.9 Å². The molecule has 24 heavy (non-hydrogen) atoms. The van der Waals surface area contributed by atoms with Crippen LogP contribution in [-0.4, -0.2) is 22.6 Å². The summed E-state index contributed by atoms with van der Waals surface area (Å²) in [6.45, 7) is 5.45. The molecule has 122 valence electrons. The Hall–Kier alpha value is -2.42. The lowest BCUT2D eigenvalue weighted by atomic mass is 10.0. The summed E-state index contributed by atoms with van der Waals surface area (Å²) in [5, 5.41) is 1.13. The van der Waals surface area contributed by atoms with Gasteiger partial charge < -0.3 is 4.90 Å². The third kappa shape index (κ3) is 2.75. The second-order valence-electron chi connectivity index (χ2n) is 6.80. The van der Waals surface area contributed by atoms with Crippen molar-refractivity contribution in [1.82, 2.24) is 9.97 Å². The average Bonchev–Trinajstić information content (AvgIpc) is 2.61. The molecule has 3 nitrogen and oxygen atoms in total. The molecule has 1 aliphatic rings. The molecule has 0 radical (unpaired) electrons. The fourth-order valence-corrected chi connectivity index (χ4v) is 3.57. The number of fused-ring (bicyclic) bond motifs is 1. The van der Waals surface area contributed by atoms with Crippen LogP contribution in [0.25, 0.3) is 22.2 Å². The number of benzene rings is 2. The molecule has 1 saturated heterocycles. The van der Waals surface area contributed by atoms with E-state index in [2.05, 4.69) is 61.2 Å². The second kappa shape index (κ2) is 6.23. The van der Waals surface area contributed by atoms with Crippen molar-refractivity contribution in [3.8, 4) is 11.3 Å². The Labute approximate surface area is 143 Å². The van der Waals surface area contributed by atoms with Crippen LogP contribution in [-0.2, 0) is 0 Å². The van der Waals surface area contributed by atoms with Crippen LogP contribution in [0.15, 0.2) is 48.5 Å². The minimum absolute atomic E-state index is 0.504. The number of anilines is 1. The Morgan fingerprint density at radius 2 is 1.83 bits per heavy atom. The number of nitrogens with zero attached hydrogens (tertiary/aromatic N) is 3. The van der Waals surface area contributed by atoms with E-state index >= 15 is 0 Å². The third-order valence-corrected chi connectivity index (χ3v) is 4.95. The highest BCUT2D eigenvalue weighted by molar-refractivity contribution is 5.93. The van der Waals surface area contributed by atoms with Crippen LogP contribution in [0.4, 0.5) is 5.95 Å². The summed E-state index contributed by atoms with van der Waals surface area (Å²) in [6.07, 6.45) is 3.74. The first-order valence-electron chi connectivity index (χ1n) is 8.83. The number of hydrogen-bond acceptors (Lipinski definition) is 3. The Morgan fingerprint density at radius 1 is 1.00 bits per heavy atom. The first-order chi connectivity index (χ1) is 11.7. The van der Waals surface area contributed by atoms with Crippen molar-refractivity contribution < 1.29 is 0 Å². The summed E-state index contributed by atoms with van der Waals surface area (Å²) in [4.78, 5) is 12.3. The van der Waals surface area contributed by atoms with E-state index in [0.717, 1.165) is 34.7 Å². The van der Waals surface area contributed by atoms with Crippen molar-refractivity contribution in [2.45, 2.75) is 39.2 Å². The van der Waals surface area contributed by atoms with Crippen LogP contribution < -0.4 is 4.90 Å². The van der Waals surface area contributed by atoms with Gasteiger partial charge in [0.05, 0.1) is 11.2 Å². The number of aromatic nitrogens is 2. The normalized spacial score (nSPS) is 18.1. The molecule has 0 aliphatic carbocycles. The van der Waals surface area contributed by atoms with Crippen LogP contribution in [0.1, 0.15) is 31.7 Å². The van der Waals surface area contributed by atoms with Gasteiger partial charge in [-0.1, -0.05) is 42.5 Å². The lowest BCUT2D eigenvalue weighted by molar-refractivity contribution is 0.478. The lowest BCUT2D eigenvalue weighted by Crippen LogP contribution is -2.38. The lowest BCUT2D eigenvalue weighted by Gasteiger charge is -2.33. The van der Waals surface area contributed by atoms with Gasteiger partial charge in [0.2, 0.25) is 5.95 Å². The molecule has 1 fully saturated rings. The molecule has 1 unspecified atom stereocenters. The first kappa shape index (κ1) is 15.1. The van der Waals surface area contributed by atoms with E-state index in [1.807, 2.05) is 6.07 Å². The molecule has 3 aromatic rings. The van der Waals surface area contributed by atoms with Crippen LogP contribution in [0, 0.1) is 6.92 Å². The van der Waals surface area contributed by atoms with Gasteiger partial charge in [-0.3, -0.25) is 0 Å². The van der Waals surface area contributed by atoms with Gasteiger partial charge in [0.15, 0.2) is 0 Å². The fraction of sp³-hybridized carbons (Fsp3) is 0.333. The van der Waals surface area contributed by atoms with Gasteiger partial charge in [-0.25, -0.2) is 9.97 Å². The Balaban J connectivity index is 1.92. The SMILES string of the molecule is Cc1ccc2c(-c3ccccc3)nc(N3CCCCC3C)nc2c1. The predicted molar refractivity (Wildman–Crippen MR) is 100 cm³/mol. The van der Waals surface area contributed by atoms with Crippen LogP contribution in [0.5, 0.6) is 0 Å². The molecule has 0 amide bonds. The molecule has 1 aromatic heterocycles. The third-order valence-electron chi connectivity index (χ3n) is 4.95. The highest BCUT2D eigenvalue weighted by atomic mass is 15.3. The van der Waals surface area contributed by atoms with Gasteiger partial charge in [0.1, 0.15) is 0 Å². The van der Waals surface area contributed by atoms with Crippen molar-refractivity contribution in [3.05, 3.63) is 54.1 Å². The van der Waals surface area contributed by atoms with Gasteiger partial charge in [0.25, 0.3) is 0 Å². The summed E-state index contributed by atoms with van der Waals surface area (Å²) in [5.41, 5.74) is 4.46. The smallest absolute Gasteiger partial charge is 0.226 e.